The Labute approximate surface area is 179 Å². The van der Waals surface area contributed by atoms with Gasteiger partial charge in [0.05, 0.1) is 19.4 Å². The molecule has 0 N–H and O–H groups in total. The number of ether oxygens (including phenoxy) is 2. The van der Waals surface area contributed by atoms with Crippen molar-refractivity contribution in [3.05, 3.63) is 66.0 Å². The Kier molecular flexibility index (Phi) is 7.01. The van der Waals surface area contributed by atoms with Crippen molar-refractivity contribution in [2.45, 2.75) is 57.3 Å². The van der Waals surface area contributed by atoms with Gasteiger partial charge in [0.2, 0.25) is 0 Å². The Morgan fingerprint density at radius 2 is 1.67 bits per heavy atom. The van der Waals surface area contributed by atoms with Crippen LogP contribution in [-0.4, -0.2) is 28.5 Å². The summed E-state index contributed by atoms with van der Waals surface area (Å²) in [6, 6.07) is 19.2. The van der Waals surface area contributed by atoms with Gasteiger partial charge in [-0.15, -0.1) is 5.10 Å². The van der Waals surface area contributed by atoms with E-state index in [1.807, 2.05) is 18.2 Å². The van der Waals surface area contributed by atoms with Crippen LogP contribution in [0.1, 0.15) is 62.3 Å². The third-order valence-corrected chi connectivity index (χ3v) is 5.89. The maximum Gasteiger partial charge on any atom is 0.321 e. The molecule has 1 heterocycles. The molecule has 0 bridgehead atoms. The lowest BCUT2D eigenvalue weighted by Gasteiger charge is -2.22. The Morgan fingerprint density at radius 1 is 0.900 bits per heavy atom. The molecular formula is C25H31N3O2. The number of aryl methyl sites for hydroxylation is 1. The molecule has 0 aliphatic heterocycles. The molecule has 0 radical (unpaired) electrons. The van der Waals surface area contributed by atoms with Crippen LogP contribution in [0, 0.1) is 0 Å². The second-order valence-electron chi connectivity index (χ2n) is 7.97. The molecule has 1 aromatic heterocycles. The highest BCUT2D eigenvalue weighted by Gasteiger charge is 2.26. The molecule has 5 heteroatoms. The summed E-state index contributed by atoms with van der Waals surface area (Å²) in [6.07, 6.45) is 9.25. The minimum atomic E-state index is 0.423. The summed E-state index contributed by atoms with van der Waals surface area (Å²) in [5.74, 6) is 2.23. The molecular weight excluding hydrogens is 374 g/mol. The topological polar surface area (TPSA) is 49.2 Å². The van der Waals surface area contributed by atoms with E-state index in [1.165, 1.54) is 24.8 Å². The zero-order chi connectivity index (χ0) is 20.6. The molecule has 30 heavy (non-hydrogen) atoms. The molecule has 0 spiro atoms. The third kappa shape index (κ3) is 4.84. The number of unbranched alkanes of at least 4 members (excludes halogenated alkanes) is 1. The molecule has 0 amide bonds. The van der Waals surface area contributed by atoms with E-state index in [4.69, 9.17) is 9.47 Å². The molecule has 0 unspecified atom stereocenters. The van der Waals surface area contributed by atoms with Crippen molar-refractivity contribution < 1.29 is 9.47 Å². The smallest absolute Gasteiger partial charge is 0.321 e. The van der Waals surface area contributed by atoms with Gasteiger partial charge in [-0.05, 0) is 49.8 Å². The molecule has 158 valence electrons. The molecule has 0 saturated heterocycles. The summed E-state index contributed by atoms with van der Waals surface area (Å²) in [6.45, 7) is 0.630. The normalized spacial score (nSPS) is 14.6. The molecule has 1 aliphatic rings. The lowest BCUT2D eigenvalue weighted by atomic mass is 9.88. The fourth-order valence-corrected chi connectivity index (χ4v) is 4.28. The molecule has 3 aromatic rings. The number of hydrogen-bond donors (Lipinski definition) is 0. The molecule has 1 saturated carbocycles. The second kappa shape index (κ2) is 10.3. The lowest BCUT2D eigenvalue weighted by molar-refractivity contribution is 0.276. The van der Waals surface area contributed by atoms with Crippen LogP contribution >= 0.6 is 0 Å². The minimum Gasteiger partial charge on any atom is -0.495 e. The van der Waals surface area contributed by atoms with E-state index in [2.05, 4.69) is 51.2 Å². The van der Waals surface area contributed by atoms with Crippen LogP contribution < -0.4 is 9.47 Å². The number of rotatable bonds is 9. The highest BCUT2D eigenvalue weighted by molar-refractivity contribution is 5.49. The van der Waals surface area contributed by atoms with Gasteiger partial charge in [0.15, 0.2) is 0 Å². The monoisotopic (exact) mass is 405 g/mol. The van der Waals surface area contributed by atoms with Crippen LogP contribution in [0.3, 0.4) is 0 Å². The first-order valence-electron chi connectivity index (χ1n) is 11.1. The number of para-hydroxylation sites is 2. The van der Waals surface area contributed by atoms with E-state index in [0.717, 1.165) is 49.4 Å². The summed E-state index contributed by atoms with van der Waals surface area (Å²) < 4.78 is 13.8. The predicted octanol–water partition coefficient (Wildman–Crippen LogP) is 5.73. The van der Waals surface area contributed by atoms with Crippen LogP contribution in [-0.2, 0) is 6.42 Å². The van der Waals surface area contributed by atoms with Crippen LogP contribution in [0.2, 0.25) is 0 Å². The Hall–Kier alpha value is -2.82. The second-order valence-corrected chi connectivity index (χ2v) is 7.97. The Morgan fingerprint density at radius 3 is 2.47 bits per heavy atom. The molecule has 1 aliphatic carbocycles. The third-order valence-electron chi connectivity index (χ3n) is 5.89. The summed E-state index contributed by atoms with van der Waals surface area (Å²) >= 11 is 0. The van der Waals surface area contributed by atoms with Gasteiger partial charge in [0.1, 0.15) is 11.6 Å². The van der Waals surface area contributed by atoms with Gasteiger partial charge >= 0.3 is 6.01 Å². The maximum absolute atomic E-state index is 6.13. The maximum atomic E-state index is 6.13. The van der Waals surface area contributed by atoms with Crippen LogP contribution in [0.15, 0.2) is 54.6 Å². The van der Waals surface area contributed by atoms with Gasteiger partial charge in [-0.2, -0.15) is 0 Å². The largest absolute Gasteiger partial charge is 0.495 e. The average Bonchev–Trinajstić information content (AvgIpc) is 3.23. The Bertz CT molecular complexity index is 917. The predicted molar refractivity (Wildman–Crippen MR) is 119 cm³/mol. The van der Waals surface area contributed by atoms with Crippen molar-refractivity contribution in [3.63, 3.8) is 0 Å². The first-order chi connectivity index (χ1) is 14.9. The number of nitrogens with zero attached hydrogens (tertiary/aromatic N) is 3. The zero-order valence-electron chi connectivity index (χ0n) is 17.8. The van der Waals surface area contributed by atoms with Crippen LogP contribution in [0.25, 0.3) is 5.69 Å². The fourth-order valence-electron chi connectivity index (χ4n) is 4.28. The number of methoxy groups -OCH3 is 1. The molecule has 0 atom stereocenters. The van der Waals surface area contributed by atoms with E-state index in [0.29, 0.717) is 18.5 Å². The molecule has 4 rings (SSSR count). The number of aromatic nitrogens is 3. The van der Waals surface area contributed by atoms with Gasteiger partial charge in [0.25, 0.3) is 0 Å². The quantitative estimate of drug-likeness (QED) is 0.427. The standard InChI is InChI=1S/C25H31N3O2/c1-29-23-18-9-8-17-22(23)28-24(21-15-6-3-7-16-21)26-27-25(28)30-19-11-10-14-20-12-4-2-5-13-20/h2,4-5,8-9,12-13,17-18,21H,3,6-7,10-11,14-16,19H2,1H3. The van der Waals surface area contributed by atoms with Crippen LogP contribution in [0.5, 0.6) is 11.8 Å². The zero-order valence-corrected chi connectivity index (χ0v) is 17.8. The van der Waals surface area contributed by atoms with E-state index in [1.54, 1.807) is 7.11 Å². The van der Waals surface area contributed by atoms with Crippen molar-refractivity contribution in [2.24, 2.45) is 0 Å². The van der Waals surface area contributed by atoms with E-state index < -0.39 is 0 Å². The van der Waals surface area contributed by atoms with Gasteiger partial charge in [-0.3, -0.25) is 0 Å². The Balaban J connectivity index is 1.48. The van der Waals surface area contributed by atoms with E-state index >= 15 is 0 Å². The molecule has 2 aromatic carbocycles. The highest BCUT2D eigenvalue weighted by Crippen LogP contribution is 2.36. The van der Waals surface area contributed by atoms with Gasteiger partial charge in [-0.1, -0.05) is 66.8 Å². The van der Waals surface area contributed by atoms with E-state index in [9.17, 15) is 0 Å². The summed E-state index contributed by atoms with van der Waals surface area (Å²) in [7, 11) is 1.70. The minimum absolute atomic E-state index is 0.423. The first kappa shape index (κ1) is 20.5. The van der Waals surface area contributed by atoms with Crippen molar-refractivity contribution in [3.8, 4) is 17.4 Å². The van der Waals surface area contributed by atoms with Crippen LogP contribution in [0.4, 0.5) is 0 Å². The highest BCUT2D eigenvalue weighted by atomic mass is 16.5. The summed E-state index contributed by atoms with van der Waals surface area (Å²) in [5.41, 5.74) is 2.32. The summed E-state index contributed by atoms with van der Waals surface area (Å²) in [4.78, 5) is 0. The first-order valence-corrected chi connectivity index (χ1v) is 11.1. The lowest BCUT2D eigenvalue weighted by Crippen LogP contribution is -2.13. The number of benzene rings is 2. The fraction of sp³-hybridized carbons (Fsp3) is 0.440. The van der Waals surface area contributed by atoms with Crippen molar-refractivity contribution in [1.82, 2.24) is 14.8 Å². The van der Waals surface area contributed by atoms with E-state index in [-0.39, 0.29) is 0 Å². The summed E-state index contributed by atoms with van der Waals surface area (Å²) in [5, 5.41) is 9.00. The van der Waals surface area contributed by atoms with Gasteiger partial charge in [-0.25, -0.2) is 4.57 Å². The van der Waals surface area contributed by atoms with Crippen molar-refractivity contribution in [1.29, 1.82) is 0 Å². The van der Waals surface area contributed by atoms with Gasteiger partial charge in [0, 0.05) is 5.92 Å². The van der Waals surface area contributed by atoms with Crippen molar-refractivity contribution in [2.75, 3.05) is 13.7 Å². The average molecular weight is 406 g/mol. The molecule has 5 nitrogen and oxygen atoms in total. The number of hydrogen-bond acceptors (Lipinski definition) is 4. The molecule has 1 fully saturated rings. The van der Waals surface area contributed by atoms with Gasteiger partial charge < -0.3 is 9.47 Å². The SMILES string of the molecule is COc1ccccc1-n1c(OCCCCc2ccccc2)nnc1C1CCCCC1. The van der Waals surface area contributed by atoms with Crippen molar-refractivity contribution >= 4 is 0 Å².